The highest BCUT2D eigenvalue weighted by Gasteiger charge is 2.23. The number of hydrogen-bond donors (Lipinski definition) is 0. The van der Waals surface area contributed by atoms with Gasteiger partial charge in [0.25, 0.3) is 0 Å². The first-order valence-corrected chi connectivity index (χ1v) is 23.0. The number of para-hydroxylation sites is 2. The van der Waals surface area contributed by atoms with Gasteiger partial charge in [0.15, 0.2) is 11.6 Å². The van der Waals surface area contributed by atoms with Crippen molar-refractivity contribution in [3.63, 3.8) is 0 Å². The van der Waals surface area contributed by atoms with Gasteiger partial charge in [-0.1, -0.05) is 220 Å². The van der Waals surface area contributed by atoms with Crippen LogP contribution in [-0.4, -0.2) is 19.5 Å². The lowest BCUT2D eigenvalue weighted by atomic mass is 9.98. The molecule has 13 aromatic rings. The molecule has 318 valence electrons. The van der Waals surface area contributed by atoms with Crippen LogP contribution in [0.1, 0.15) is 20.3 Å². The highest BCUT2D eigenvalue weighted by Crippen LogP contribution is 2.44. The average molecular weight is 861 g/mol. The molecular weight excluding hydrogens is 817 g/mol. The summed E-state index contributed by atoms with van der Waals surface area (Å²) < 4.78 is 9.11. The molecule has 0 N–H and O–H groups in total. The van der Waals surface area contributed by atoms with Crippen molar-refractivity contribution in [3.05, 3.63) is 218 Å². The maximum atomic E-state index is 6.86. The standard InChI is InChI=1S/C59H36N4O.C3H8/c1-3-13-37(14-4-1)39-25-29-42(30-26-39)57-60-58(43-31-27-40(28-32-43)38-15-5-2-6-16-38)62-59(61-57)63-52-36-45-19-8-7-18-44(45)35-51(52)48-22-11-21-47(55(48)63)49-23-12-24-50-54-46-20-10-9-17-41(46)33-34-53(54)64-56(49)50;1-3-2/h1-36H;3H2,1-2H3. The van der Waals surface area contributed by atoms with Crippen LogP contribution >= 0.6 is 0 Å². The van der Waals surface area contributed by atoms with E-state index in [0.717, 1.165) is 93.6 Å². The number of benzene rings is 10. The lowest BCUT2D eigenvalue weighted by molar-refractivity contribution is 0.670. The van der Waals surface area contributed by atoms with Crippen molar-refractivity contribution in [3.8, 4) is 62.1 Å². The van der Waals surface area contributed by atoms with Crippen molar-refractivity contribution < 1.29 is 4.42 Å². The second-order valence-corrected chi connectivity index (χ2v) is 17.1. The molecule has 0 saturated carbocycles. The first kappa shape index (κ1) is 39.9. The number of aromatic nitrogens is 4. The molecule has 0 unspecified atom stereocenters. The molecule has 0 atom stereocenters. The minimum atomic E-state index is 0.532. The van der Waals surface area contributed by atoms with E-state index < -0.39 is 0 Å². The van der Waals surface area contributed by atoms with Gasteiger partial charge in [-0.05, 0) is 62.0 Å². The normalized spacial score (nSPS) is 11.5. The van der Waals surface area contributed by atoms with Crippen LogP contribution in [0.5, 0.6) is 0 Å². The van der Waals surface area contributed by atoms with Crippen molar-refractivity contribution >= 4 is 65.3 Å². The van der Waals surface area contributed by atoms with Crippen molar-refractivity contribution in [2.24, 2.45) is 0 Å². The van der Waals surface area contributed by atoms with Gasteiger partial charge >= 0.3 is 0 Å². The summed E-state index contributed by atoms with van der Waals surface area (Å²) in [4.78, 5) is 16.0. The van der Waals surface area contributed by atoms with Gasteiger partial charge in [0.05, 0.1) is 11.0 Å². The molecule has 0 fully saturated rings. The first-order valence-electron chi connectivity index (χ1n) is 23.0. The Hall–Kier alpha value is -8.67. The van der Waals surface area contributed by atoms with Crippen molar-refractivity contribution in [1.29, 1.82) is 0 Å². The highest BCUT2D eigenvalue weighted by molar-refractivity contribution is 6.23. The van der Waals surface area contributed by atoms with Crippen LogP contribution in [0.2, 0.25) is 0 Å². The number of hydrogen-bond acceptors (Lipinski definition) is 4. The molecule has 10 aromatic carbocycles. The Bertz CT molecular complexity index is 3840. The van der Waals surface area contributed by atoms with E-state index in [2.05, 4.69) is 225 Å². The zero-order valence-electron chi connectivity index (χ0n) is 37.2. The molecule has 3 heterocycles. The third-order valence-corrected chi connectivity index (χ3v) is 12.7. The van der Waals surface area contributed by atoms with Gasteiger partial charge in [-0.3, -0.25) is 4.57 Å². The molecule has 13 rings (SSSR count). The fraction of sp³-hybridized carbons (Fsp3) is 0.0484. The van der Waals surface area contributed by atoms with Gasteiger partial charge < -0.3 is 4.42 Å². The summed E-state index contributed by atoms with van der Waals surface area (Å²) in [6, 6.07) is 76.8. The lowest BCUT2D eigenvalue weighted by Crippen LogP contribution is -2.07. The van der Waals surface area contributed by atoms with Crippen LogP contribution in [-0.2, 0) is 0 Å². The Labute approximate surface area is 388 Å². The fourth-order valence-corrected chi connectivity index (χ4v) is 9.56. The summed E-state index contributed by atoms with van der Waals surface area (Å²) in [5.41, 5.74) is 12.1. The molecule has 0 radical (unpaired) electrons. The third-order valence-electron chi connectivity index (χ3n) is 12.7. The molecule has 5 heteroatoms. The zero-order chi connectivity index (χ0) is 44.8. The van der Waals surface area contributed by atoms with Gasteiger partial charge in [0.1, 0.15) is 11.2 Å². The van der Waals surface area contributed by atoms with E-state index in [4.69, 9.17) is 19.4 Å². The van der Waals surface area contributed by atoms with Gasteiger partial charge in [0, 0.05) is 43.8 Å². The van der Waals surface area contributed by atoms with Crippen molar-refractivity contribution in [2.45, 2.75) is 20.3 Å². The van der Waals surface area contributed by atoms with Crippen molar-refractivity contribution in [1.82, 2.24) is 19.5 Å². The molecule has 0 spiro atoms. The average Bonchev–Trinajstić information content (AvgIpc) is 3.95. The second kappa shape index (κ2) is 16.7. The summed E-state index contributed by atoms with van der Waals surface area (Å²) in [7, 11) is 0. The van der Waals surface area contributed by atoms with Crippen LogP contribution < -0.4 is 0 Å². The minimum absolute atomic E-state index is 0.532. The molecular formula is C62H44N4O. The number of rotatable bonds is 6. The molecule has 0 aliphatic carbocycles. The first-order chi connectivity index (χ1) is 33.1. The van der Waals surface area contributed by atoms with Crippen LogP contribution in [0.4, 0.5) is 0 Å². The maximum Gasteiger partial charge on any atom is 0.238 e. The molecule has 5 nitrogen and oxygen atoms in total. The molecule has 67 heavy (non-hydrogen) atoms. The van der Waals surface area contributed by atoms with Gasteiger partial charge in [0.2, 0.25) is 5.95 Å². The monoisotopic (exact) mass is 860 g/mol. The van der Waals surface area contributed by atoms with Crippen LogP contribution in [0.3, 0.4) is 0 Å². The van der Waals surface area contributed by atoms with Gasteiger partial charge in [-0.15, -0.1) is 0 Å². The SMILES string of the molecule is CCC.c1ccc(-c2ccc(-c3nc(-c4ccc(-c5ccccc5)cc4)nc(-n4c5cc6ccccc6cc5c5cccc(-c6cccc7c6oc6ccc8ccccc8c67)c54)n3)cc2)cc1. The van der Waals surface area contributed by atoms with E-state index in [1.54, 1.807) is 0 Å². The molecule has 0 bridgehead atoms. The molecule has 3 aromatic heterocycles. The minimum Gasteiger partial charge on any atom is -0.455 e. The van der Waals surface area contributed by atoms with E-state index in [1.807, 2.05) is 12.1 Å². The number of furan rings is 1. The summed E-state index contributed by atoms with van der Waals surface area (Å²) in [6.45, 7) is 4.25. The molecule has 0 aliphatic heterocycles. The predicted octanol–water partition coefficient (Wildman–Crippen LogP) is 16.9. The predicted molar refractivity (Wildman–Crippen MR) is 280 cm³/mol. The topological polar surface area (TPSA) is 56.7 Å². The Balaban J connectivity index is 0.00000152. The maximum absolute atomic E-state index is 6.86. The Morgan fingerprint density at radius 3 is 1.51 bits per heavy atom. The van der Waals surface area contributed by atoms with Crippen LogP contribution in [0, 0.1) is 0 Å². The summed E-state index contributed by atoms with van der Waals surface area (Å²) in [5.74, 6) is 1.71. The Morgan fingerprint density at radius 2 is 0.881 bits per heavy atom. The number of fused-ring (bicyclic) bond motifs is 9. The van der Waals surface area contributed by atoms with Crippen LogP contribution in [0.25, 0.3) is 127 Å². The summed E-state index contributed by atoms with van der Waals surface area (Å²) in [6.07, 6.45) is 1.25. The van der Waals surface area contributed by atoms with E-state index in [0.29, 0.717) is 17.6 Å². The Kier molecular flexibility index (Phi) is 9.95. The highest BCUT2D eigenvalue weighted by atomic mass is 16.3. The molecule has 0 amide bonds. The second-order valence-electron chi connectivity index (χ2n) is 17.1. The molecule has 0 saturated heterocycles. The molecule has 0 aliphatic rings. The van der Waals surface area contributed by atoms with Gasteiger partial charge in [-0.25, -0.2) is 4.98 Å². The van der Waals surface area contributed by atoms with Crippen LogP contribution in [0.15, 0.2) is 223 Å². The zero-order valence-corrected chi connectivity index (χ0v) is 37.2. The van der Waals surface area contributed by atoms with E-state index in [9.17, 15) is 0 Å². The largest absolute Gasteiger partial charge is 0.455 e. The third kappa shape index (κ3) is 7.00. The number of nitrogens with zero attached hydrogens (tertiary/aromatic N) is 4. The summed E-state index contributed by atoms with van der Waals surface area (Å²) in [5, 5.41) is 9.07. The van der Waals surface area contributed by atoms with E-state index >= 15 is 0 Å². The lowest BCUT2D eigenvalue weighted by Gasteiger charge is -2.14. The Morgan fingerprint density at radius 1 is 0.388 bits per heavy atom. The van der Waals surface area contributed by atoms with E-state index in [-0.39, 0.29) is 0 Å². The van der Waals surface area contributed by atoms with Gasteiger partial charge in [-0.2, -0.15) is 9.97 Å². The van der Waals surface area contributed by atoms with Crippen molar-refractivity contribution in [2.75, 3.05) is 0 Å². The summed E-state index contributed by atoms with van der Waals surface area (Å²) >= 11 is 0. The quantitative estimate of drug-likeness (QED) is 0.167. The fourth-order valence-electron chi connectivity index (χ4n) is 9.56. The van der Waals surface area contributed by atoms with E-state index in [1.165, 1.54) is 22.6 Å². The smallest absolute Gasteiger partial charge is 0.238 e.